The minimum absolute atomic E-state index is 0.114. The van der Waals surface area contributed by atoms with E-state index in [1.165, 1.54) is 83.1 Å². The minimum Gasteiger partial charge on any atom is -0.299 e. The Labute approximate surface area is 156 Å². The first-order chi connectivity index (χ1) is 12.3. The summed E-state index contributed by atoms with van der Waals surface area (Å²) in [6.45, 7) is 7.72. The third-order valence-electron chi connectivity index (χ3n) is 4.95. The molecule has 0 aliphatic carbocycles. The lowest BCUT2D eigenvalue weighted by atomic mass is 10.1. The highest BCUT2D eigenvalue weighted by molar-refractivity contribution is 5.16. The molecule has 144 valence electrons. The van der Waals surface area contributed by atoms with Gasteiger partial charge in [-0.25, -0.2) is 4.39 Å². The standard InChI is InChI=1S/C23H40FN/c1-3-5-7-9-11-13-18-25(19-14-12-10-8-6-4-2)21-22-16-15-17-23(24)20-22/h15-17,20H,3-14,18-19,21H2,1-2H3. The van der Waals surface area contributed by atoms with E-state index in [4.69, 9.17) is 0 Å². The molecule has 1 nitrogen and oxygen atoms in total. The van der Waals surface area contributed by atoms with Crippen LogP contribution < -0.4 is 0 Å². The van der Waals surface area contributed by atoms with Gasteiger partial charge in [0.05, 0.1) is 0 Å². The van der Waals surface area contributed by atoms with Gasteiger partial charge in [-0.05, 0) is 43.6 Å². The molecule has 0 amide bonds. The summed E-state index contributed by atoms with van der Waals surface area (Å²) in [4.78, 5) is 2.54. The molecule has 0 unspecified atom stereocenters. The van der Waals surface area contributed by atoms with Gasteiger partial charge in [-0.1, -0.05) is 90.2 Å². The lowest BCUT2D eigenvalue weighted by Gasteiger charge is -2.22. The topological polar surface area (TPSA) is 3.24 Å². The van der Waals surface area contributed by atoms with E-state index >= 15 is 0 Å². The zero-order valence-electron chi connectivity index (χ0n) is 16.7. The Kier molecular flexibility index (Phi) is 13.6. The molecule has 0 N–H and O–H groups in total. The maximum absolute atomic E-state index is 13.4. The van der Waals surface area contributed by atoms with Crippen molar-refractivity contribution in [2.45, 2.75) is 97.4 Å². The Bertz CT molecular complexity index is 402. The van der Waals surface area contributed by atoms with Crippen molar-refractivity contribution in [1.29, 1.82) is 0 Å². The summed E-state index contributed by atoms with van der Waals surface area (Å²) >= 11 is 0. The second kappa shape index (κ2) is 15.4. The van der Waals surface area contributed by atoms with Crippen LogP contribution in [0.2, 0.25) is 0 Å². The Morgan fingerprint density at radius 3 is 1.76 bits per heavy atom. The normalized spacial score (nSPS) is 11.4. The van der Waals surface area contributed by atoms with Crippen LogP contribution in [-0.2, 0) is 6.54 Å². The van der Waals surface area contributed by atoms with E-state index in [0.717, 1.165) is 25.2 Å². The highest BCUT2D eigenvalue weighted by Gasteiger charge is 2.07. The van der Waals surface area contributed by atoms with Gasteiger partial charge in [0.1, 0.15) is 5.82 Å². The van der Waals surface area contributed by atoms with E-state index in [1.807, 2.05) is 6.07 Å². The Morgan fingerprint density at radius 1 is 0.720 bits per heavy atom. The molecule has 0 bridgehead atoms. The zero-order chi connectivity index (χ0) is 18.2. The summed E-state index contributed by atoms with van der Waals surface area (Å²) in [7, 11) is 0. The lowest BCUT2D eigenvalue weighted by molar-refractivity contribution is 0.252. The van der Waals surface area contributed by atoms with Gasteiger partial charge in [0, 0.05) is 6.54 Å². The predicted octanol–water partition coefficient (Wildman–Crippen LogP) is 7.35. The molecular formula is C23H40FN. The van der Waals surface area contributed by atoms with Crippen LogP contribution in [0.1, 0.15) is 96.5 Å². The molecule has 0 saturated carbocycles. The van der Waals surface area contributed by atoms with Crippen LogP contribution in [-0.4, -0.2) is 18.0 Å². The summed E-state index contributed by atoms with van der Waals surface area (Å²) in [5.41, 5.74) is 1.11. The second-order valence-corrected chi connectivity index (χ2v) is 7.44. The summed E-state index contributed by atoms with van der Waals surface area (Å²) in [6.07, 6.45) is 16.0. The Hall–Kier alpha value is -0.890. The number of unbranched alkanes of at least 4 members (excludes halogenated alkanes) is 10. The number of hydrogen-bond donors (Lipinski definition) is 0. The molecule has 0 aliphatic rings. The van der Waals surface area contributed by atoms with Crippen molar-refractivity contribution >= 4 is 0 Å². The van der Waals surface area contributed by atoms with Gasteiger partial charge < -0.3 is 0 Å². The van der Waals surface area contributed by atoms with Gasteiger partial charge in [-0.3, -0.25) is 4.90 Å². The van der Waals surface area contributed by atoms with Gasteiger partial charge >= 0.3 is 0 Å². The average Bonchev–Trinajstić information content (AvgIpc) is 2.60. The summed E-state index contributed by atoms with van der Waals surface area (Å²) in [5, 5.41) is 0. The number of rotatable bonds is 16. The third-order valence-corrected chi connectivity index (χ3v) is 4.95. The van der Waals surface area contributed by atoms with Gasteiger partial charge in [0.15, 0.2) is 0 Å². The fourth-order valence-corrected chi connectivity index (χ4v) is 3.39. The monoisotopic (exact) mass is 349 g/mol. The molecule has 1 aromatic rings. The van der Waals surface area contributed by atoms with Crippen LogP contribution in [0.3, 0.4) is 0 Å². The van der Waals surface area contributed by atoms with Crippen molar-refractivity contribution in [3.05, 3.63) is 35.6 Å². The lowest BCUT2D eigenvalue weighted by Crippen LogP contribution is -2.25. The van der Waals surface area contributed by atoms with E-state index in [9.17, 15) is 4.39 Å². The molecule has 0 fully saturated rings. The first-order valence-electron chi connectivity index (χ1n) is 10.7. The van der Waals surface area contributed by atoms with E-state index < -0.39 is 0 Å². The first-order valence-corrected chi connectivity index (χ1v) is 10.7. The van der Waals surface area contributed by atoms with E-state index in [1.54, 1.807) is 6.07 Å². The molecule has 0 spiro atoms. The Balaban J connectivity index is 2.32. The molecule has 0 radical (unpaired) electrons. The molecule has 25 heavy (non-hydrogen) atoms. The molecule has 0 aromatic heterocycles. The zero-order valence-corrected chi connectivity index (χ0v) is 16.7. The van der Waals surface area contributed by atoms with E-state index in [2.05, 4.69) is 24.8 Å². The molecule has 1 aromatic carbocycles. The van der Waals surface area contributed by atoms with Gasteiger partial charge in [0.2, 0.25) is 0 Å². The highest BCUT2D eigenvalue weighted by atomic mass is 19.1. The van der Waals surface area contributed by atoms with Crippen molar-refractivity contribution < 1.29 is 4.39 Å². The fourth-order valence-electron chi connectivity index (χ4n) is 3.39. The van der Waals surface area contributed by atoms with Gasteiger partial charge in [-0.2, -0.15) is 0 Å². The Morgan fingerprint density at radius 2 is 1.24 bits per heavy atom. The van der Waals surface area contributed by atoms with Gasteiger partial charge in [0.25, 0.3) is 0 Å². The molecule has 0 saturated heterocycles. The van der Waals surface area contributed by atoms with Crippen LogP contribution >= 0.6 is 0 Å². The fraction of sp³-hybridized carbons (Fsp3) is 0.739. The van der Waals surface area contributed by atoms with Crippen LogP contribution in [0.5, 0.6) is 0 Å². The molecule has 2 heteroatoms. The molecule has 0 atom stereocenters. The SMILES string of the molecule is CCCCCCCCN(CCCCCCCC)Cc1cccc(F)c1. The van der Waals surface area contributed by atoms with Crippen LogP contribution in [0.15, 0.2) is 24.3 Å². The van der Waals surface area contributed by atoms with Crippen LogP contribution in [0, 0.1) is 5.82 Å². The smallest absolute Gasteiger partial charge is 0.123 e. The summed E-state index contributed by atoms with van der Waals surface area (Å²) in [6, 6.07) is 7.11. The predicted molar refractivity (Wildman–Crippen MR) is 108 cm³/mol. The molecule has 1 rings (SSSR count). The maximum atomic E-state index is 13.4. The summed E-state index contributed by atoms with van der Waals surface area (Å²) in [5.74, 6) is -0.114. The van der Waals surface area contributed by atoms with E-state index in [-0.39, 0.29) is 5.82 Å². The number of benzene rings is 1. The summed E-state index contributed by atoms with van der Waals surface area (Å²) < 4.78 is 13.4. The van der Waals surface area contributed by atoms with Crippen molar-refractivity contribution in [1.82, 2.24) is 4.90 Å². The average molecular weight is 350 g/mol. The highest BCUT2D eigenvalue weighted by Crippen LogP contribution is 2.12. The maximum Gasteiger partial charge on any atom is 0.123 e. The molecule has 0 aliphatic heterocycles. The van der Waals surface area contributed by atoms with Crippen molar-refractivity contribution in [3.63, 3.8) is 0 Å². The second-order valence-electron chi connectivity index (χ2n) is 7.44. The largest absolute Gasteiger partial charge is 0.299 e. The number of halogens is 1. The number of nitrogens with zero attached hydrogens (tertiary/aromatic N) is 1. The number of hydrogen-bond acceptors (Lipinski definition) is 1. The van der Waals surface area contributed by atoms with Crippen molar-refractivity contribution in [2.24, 2.45) is 0 Å². The molecule has 0 heterocycles. The molecular weight excluding hydrogens is 309 g/mol. The van der Waals surface area contributed by atoms with Crippen molar-refractivity contribution in [2.75, 3.05) is 13.1 Å². The first kappa shape index (κ1) is 22.2. The van der Waals surface area contributed by atoms with Crippen LogP contribution in [0.4, 0.5) is 4.39 Å². The van der Waals surface area contributed by atoms with Crippen LogP contribution in [0.25, 0.3) is 0 Å². The van der Waals surface area contributed by atoms with E-state index in [0.29, 0.717) is 0 Å². The third kappa shape index (κ3) is 12.2. The van der Waals surface area contributed by atoms with Gasteiger partial charge in [-0.15, -0.1) is 0 Å². The quantitative estimate of drug-likeness (QED) is 0.282. The van der Waals surface area contributed by atoms with Crippen molar-refractivity contribution in [3.8, 4) is 0 Å². The minimum atomic E-state index is -0.114.